The standard InChI is InChI=1S/C14H10BrF3N2O4/c1-23-12(21)9-10(13(22)24-2)20(19-11(9)14(16,17)18)8-5-3-7(15)4-6-8/h3-6H,1-2H3. The molecule has 24 heavy (non-hydrogen) atoms. The number of esters is 2. The van der Waals surface area contributed by atoms with Gasteiger partial charge < -0.3 is 9.47 Å². The number of aromatic nitrogens is 2. The van der Waals surface area contributed by atoms with Crippen molar-refractivity contribution in [2.75, 3.05) is 14.2 Å². The fourth-order valence-electron chi connectivity index (χ4n) is 1.97. The Morgan fingerprint density at radius 2 is 1.62 bits per heavy atom. The lowest BCUT2D eigenvalue weighted by molar-refractivity contribution is -0.141. The largest absolute Gasteiger partial charge is 0.465 e. The Morgan fingerprint density at radius 1 is 1.08 bits per heavy atom. The summed E-state index contributed by atoms with van der Waals surface area (Å²) in [5.41, 5.74) is -3.06. The first-order chi connectivity index (χ1) is 11.2. The number of alkyl halides is 3. The molecule has 0 aliphatic carbocycles. The number of ether oxygens (including phenoxy) is 2. The molecule has 0 aliphatic heterocycles. The van der Waals surface area contributed by atoms with Gasteiger partial charge in [0, 0.05) is 4.47 Å². The first kappa shape index (κ1) is 18.0. The van der Waals surface area contributed by atoms with Crippen LogP contribution in [-0.4, -0.2) is 35.9 Å². The average molecular weight is 407 g/mol. The molecule has 0 radical (unpaired) electrons. The summed E-state index contributed by atoms with van der Waals surface area (Å²) in [5.74, 6) is -2.49. The molecule has 0 fully saturated rings. The lowest BCUT2D eigenvalue weighted by Gasteiger charge is -2.07. The predicted molar refractivity (Wildman–Crippen MR) is 78.9 cm³/mol. The highest BCUT2D eigenvalue weighted by molar-refractivity contribution is 9.10. The summed E-state index contributed by atoms with van der Waals surface area (Å²) in [7, 11) is 1.89. The van der Waals surface area contributed by atoms with Gasteiger partial charge in [-0.25, -0.2) is 14.3 Å². The van der Waals surface area contributed by atoms with Crippen LogP contribution in [0.4, 0.5) is 13.2 Å². The van der Waals surface area contributed by atoms with E-state index in [9.17, 15) is 22.8 Å². The first-order valence-corrected chi connectivity index (χ1v) is 7.12. The fourth-order valence-corrected chi connectivity index (χ4v) is 2.23. The van der Waals surface area contributed by atoms with Crippen LogP contribution >= 0.6 is 15.9 Å². The third kappa shape index (κ3) is 3.28. The molecular formula is C14H10BrF3N2O4. The van der Waals surface area contributed by atoms with Crippen LogP contribution in [0.25, 0.3) is 5.69 Å². The number of halogens is 4. The van der Waals surface area contributed by atoms with Crippen molar-refractivity contribution in [2.45, 2.75) is 6.18 Å². The van der Waals surface area contributed by atoms with Crippen LogP contribution in [0.2, 0.25) is 0 Å². The summed E-state index contributed by atoms with van der Waals surface area (Å²) in [5, 5.41) is 3.39. The van der Waals surface area contributed by atoms with Crippen LogP contribution < -0.4 is 0 Å². The molecule has 0 amide bonds. The lowest BCUT2D eigenvalue weighted by atomic mass is 10.1. The molecule has 0 saturated carbocycles. The number of nitrogens with zero attached hydrogens (tertiary/aromatic N) is 2. The molecule has 1 aromatic heterocycles. The number of hydrogen-bond acceptors (Lipinski definition) is 5. The number of rotatable bonds is 3. The van der Waals surface area contributed by atoms with E-state index in [0.29, 0.717) is 9.15 Å². The molecular weight excluding hydrogens is 397 g/mol. The lowest BCUT2D eigenvalue weighted by Crippen LogP contribution is -2.17. The smallest absolute Gasteiger partial charge is 0.436 e. The molecule has 2 rings (SSSR count). The third-order valence-corrected chi connectivity index (χ3v) is 3.52. The highest BCUT2D eigenvalue weighted by atomic mass is 79.9. The van der Waals surface area contributed by atoms with Crippen molar-refractivity contribution in [3.05, 3.63) is 45.7 Å². The Balaban J connectivity index is 2.83. The van der Waals surface area contributed by atoms with E-state index in [1.54, 1.807) is 12.1 Å². The molecule has 1 heterocycles. The molecule has 1 aromatic carbocycles. The zero-order chi connectivity index (χ0) is 18.1. The van der Waals surface area contributed by atoms with Gasteiger partial charge in [-0.3, -0.25) is 0 Å². The van der Waals surface area contributed by atoms with Gasteiger partial charge in [0.05, 0.1) is 19.9 Å². The van der Waals surface area contributed by atoms with Crippen LogP contribution in [0.1, 0.15) is 26.5 Å². The molecule has 0 spiro atoms. The fraction of sp³-hybridized carbons (Fsp3) is 0.214. The second-order valence-electron chi connectivity index (χ2n) is 4.44. The van der Waals surface area contributed by atoms with Crippen LogP contribution in [0.15, 0.2) is 28.7 Å². The molecule has 0 bridgehead atoms. The van der Waals surface area contributed by atoms with Crippen molar-refractivity contribution in [1.29, 1.82) is 0 Å². The normalized spacial score (nSPS) is 11.2. The van der Waals surface area contributed by atoms with E-state index < -0.39 is 35.1 Å². The van der Waals surface area contributed by atoms with Crippen LogP contribution in [0.3, 0.4) is 0 Å². The minimum atomic E-state index is -4.97. The van der Waals surface area contributed by atoms with E-state index in [0.717, 1.165) is 14.2 Å². The maximum atomic E-state index is 13.2. The summed E-state index contributed by atoms with van der Waals surface area (Å²) in [6.07, 6.45) is -4.97. The number of methoxy groups -OCH3 is 2. The van der Waals surface area contributed by atoms with E-state index in [-0.39, 0.29) is 5.69 Å². The second-order valence-corrected chi connectivity index (χ2v) is 5.36. The summed E-state index contributed by atoms with van der Waals surface area (Å²) < 4.78 is 50.0. The Kier molecular flexibility index (Phi) is 4.97. The maximum absolute atomic E-state index is 13.2. The number of carbonyl (C=O) groups excluding carboxylic acids is 2. The number of benzene rings is 1. The Morgan fingerprint density at radius 3 is 2.08 bits per heavy atom. The topological polar surface area (TPSA) is 70.4 Å². The van der Waals surface area contributed by atoms with Gasteiger partial charge in [-0.15, -0.1) is 0 Å². The first-order valence-electron chi connectivity index (χ1n) is 6.33. The Labute approximate surface area is 142 Å². The second kappa shape index (κ2) is 6.63. The third-order valence-electron chi connectivity index (χ3n) is 2.99. The van der Waals surface area contributed by atoms with Crippen molar-refractivity contribution in [2.24, 2.45) is 0 Å². The van der Waals surface area contributed by atoms with E-state index in [1.807, 2.05) is 0 Å². The molecule has 10 heteroatoms. The van der Waals surface area contributed by atoms with Gasteiger partial charge in [0.15, 0.2) is 11.4 Å². The predicted octanol–water partition coefficient (Wildman–Crippen LogP) is 3.23. The molecule has 0 unspecified atom stereocenters. The van der Waals surface area contributed by atoms with Gasteiger partial charge >= 0.3 is 18.1 Å². The zero-order valence-electron chi connectivity index (χ0n) is 12.3. The molecule has 2 aromatic rings. The molecule has 128 valence electrons. The monoisotopic (exact) mass is 406 g/mol. The molecule has 0 saturated heterocycles. The molecule has 0 atom stereocenters. The quantitative estimate of drug-likeness (QED) is 0.731. The van der Waals surface area contributed by atoms with Crippen molar-refractivity contribution in [3.63, 3.8) is 0 Å². The summed E-state index contributed by atoms with van der Waals surface area (Å²) in [6, 6.07) is 5.93. The van der Waals surface area contributed by atoms with Crippen molar-refractivity contribution in [1.82, 2.24) is 9.78 Å². The van der Waals surface area contributed by atoms with Gasteiger partial charge in [0.1, 0.15) is 5.56 Å². The summed E-state index contributed by atoms with van der Waals surface area (Å²) in [4.78, 5) is 23.8. The van der Waals surface area contributed by atoms with Gasteiger partial charge in [-0.05, 0) is 24.3 Å². The summed E-state index contributed by atoms with van der Waals surface area (Å²) >= 11 is 3.19. The molecule has 0 aliphatic rings. The van der Waals surface area contributed by atoms with Crippen LogP contribution in [-0.2, 0) is 15.7 Å². The summed E-state index contributed by atoms with van der Waals surface area (Å²) in [6.45, 7) is 0. The van der Waals surface area contributed by atoms with E-state index in [4.69, 9.17) is 0 Å². The van der Waals surface area contributed by atoms with Crippen LogP contribution in [0, 0.1) is 0 Å². The number of carbonyl (C=O) groups is 2. The highest BCUT2D eigenvalue weighted by Crippen LogP contribution is 2.34. The SMILES string of the molecule is COC(=O)c1c(C(F)(F)F)nn(-c2ccc(Br)cc2)c1C(=O)OC. The Hall–Kier alpha value is -2.36. The van der Waals surface area contributed by atoms with E-state index in [1.165, 1.54) is 12.1 Å². The highest BCUT2D eigenvalue weighted by Gasteiger charge is 2.44. The Bertz CT molecular complexity index is 785. The average Bonchev–Trinajstić information content (AvgIpc) is 2.94. The van der Waals surface area contributed by atoms with E-state index in [2.05, 4.69) is 30.5 Å². The van der Waals surface area contributed by atoms with Crippen molar-refractivity contribution >= 4 is 27.9 Å². The van der Waals surface area contributed by atoms with E-state index >= 15 is 0 Å². The molecule has 6 nitrogen and oxygen atoms in total. The maximum Gasteiger partial charge on any atom is 0.436 e. The minimum Gasteiger partial charge on any atom is -0.465 e. The van der Waals surface area contributed by atoms with Gasteiger partial charge in [0.25, 0.3) is 0 Å². The number of hydrogen-bond donors (Lipinski definition) is 0. The molecule has 0 N–H and O–H groups in total. The van der Waals surface area contributed by atoms with Gasteiger partial charge in [-0.1, -0.05) is 15.9 Å². The zero-order valence-corrected chi connectivity index (χ0v) is 13.9. The van der Waals surface area contributed by atoms with Crippen molar-refractivity contribution in [3.8, 4) is 5.69 Å². The minimum absolute atomic E-state index is 0.138. The van der Waals surface area contributed by atoms with Crippen LogP contribution in [0.5, 0.6) is 0 Å². The van der Waals surface area contributed by atoms with Gasteiger partial charge in [-0.2, -0.15) is 18.3 Å². The van der Waals surface area contributed by atoms with Gasteiger partial charge in [0.2, 0.25) is 0 Å². The van der Waals surface area contributed by atoms with Crippen molar-refractivity contribution < 1.29 is 32.2 Å².